The molecule has 0 radical (unpaired) electrons. The van der Waals surface area contributed by atoms with E-state index in [9.17, 15) is 4.79 Å². The lowest BCUT2D eigenvalue weighted by Crippen LogP contribution is -2.39. The Bertz CT molecular complexity index is 571. The van der Waals surface area contributed by atoms with Crippen molar-refractivity contribution in [1.29, 1.82) is 0 Å². The van der Waals surface area contributed by atoms with Gasteiger partial charge in [0.2, 0.25) is 0 Å². The molecule has 3 fully saturated rings. The molecule has 3 saturated carbocycles. The van der Waals surface area contributed by atoms with Gasteiger partial charge >= 0.3 is 0 Å². The molecule has 3 aliphatic carbocycles. The Hall–Kier alpha value is -1.55. The van der Waals surface area contributed by atoms with Gasteiger partial charge in [0.05, 0.1) is 6.61 Å². The number of ether oxygens (including phenoxy) is 1. The first-order valence-corrected chi connectivity index (χ1v) is 8.34. The van der Waals surface area contributed by atoms with E-state index in [1.165, 1.54) is 19.3 Å². The van der Waals surface area contributed by atoms with Gasteiger partial charge in [-0.05, 0) is 67.6 Å². The lowest BCUT2D eigenvalue weighted by molar-refractivity contribution is -0.127. The molecule has 4 heteroatoms. The molecule has 5 atom stereocenters. The van der Waals surface area contributed by atoms with Gasteiger partial charge in [0.25, 0.3) is 5.91 Å². The Balaban J connectivity index is 1.33. The van der Waals surface area contributed by atoms with Crippen molar-refractivity contribution in [2.45, 2.75) is 44.9 Å². The maximum atomic E-state index is 12.3. The second-order valence-electron chi connectivity index (χ2n) is 7.09. The molecule has 1 amide bonds. The zero-order valence-corrected chi connectivity index (χ0v) is 12.9. The lowest BCUT2D eigenvalue weighted by Gasteiger charge is -2.17. The number of carbonyl (C=O) groups excluding carboxylic acids is 1. The summed E-state index contributed by atoms with van der Waals surface area (Å²) in [5.74, 6) is 3.81. The third kappa shape index (κ3) is 2.30. The van der Waals surface area contributed by atoms with Crippen LogP contribution in [0.1, 0.15) is 31.7 Å². The molecule has 22 heavy (non-hydrogen) atoms. The van der Waals surface area contributed by atoms with Crippen molar-refractivity contribution in [1.82, 2.24) is 5.32 Å². The van der Waals surface area contributed by atoms with Crippen LogP contribution in [0.2, 0.25) is 0 Å². The minimum absolute atomic E-state index is 0.0202. The van der Waals surface area contributed by atoms with Crippen LogP contribution in [-0.4, -0.2) is 23.2 Å². The zero-order valence-electron chi connectivity index (χ0n) is 12.9. The Morgan fingerprint density at radius 1 is 1.36 bits per heavy atom. The fourth-order valence-electron chi connectivity index (χ4n) is 4.77. The molecular weight excluding hydrogens is 278 g/mol. The van der Waals surface area contributed by atoms with Gasteiger partial charge in [-0.25, -0.2) is 0 Å². The van der Waals surface area contributed by atoms with Crippen LogP contribution in [0.15, 0.2) is 24.3 Å². The molecule has 118 valence electrons. The molecule has 2 N–H and O–H groups in total. The first kappa shape index (κ1) is 14.1. The highest BCUT2D eigenvalue weighted by Gasteiger charge is 2.65. The van der Waals surface area contributed by atoms with Gasteiger partial charge in [-0.2, -0.15) is 0 Å². The Morgan fingerprint density at radius 2 is 2.09 bits per heavy atom. The Kier molecular flexibility index (Phi) is 3.37. The largest absolute Gasteiger partial charge is 0.481 e. The predicted molar refractivity (Wildman–Crippen MR) is 82.2 cm³/mol. The number of nitrogens with one attached hydrogen (secondary N) is 1. The first-order chi connectivity index (χ1) is 10.7. The van der Waals surface area contributed by atoms with Crippen LogP contribution < -0.4 is 10.1 Å². The second-order valence-corrected chi connectivity index (χ2v) is 7.09. The lowest BCUT2D eigenvalue weighted by atomic mass is 10.0. The first-order valence-electron chi connectivity index (χ1n) is 8.34. The third-order valence-electron chi connectivity index (χ3n) is 5.81. The number of rotatable bonds is 5. The fraction of sp³-hybridized carbons (Fsp3) is 0.611. The number of aliphatic hydroxyl groups excluding tert-OH is 1. The SMILES string of the molecule is CC(Oc1cccc(CO)c1)C(=O)NC1C2C3CCC(C3)C12. The minimum Gasteiger partial charge on any atom is -0.481 e. The van der Waals surface area contributed by atoms with Crippen LogP contribution in [0.3, 0.4) is 0 Å². The fourth-order valence-corrected chi connectivity index (χ4v) is 4.77. The molecule has 0 heterocycles. The summed E-state index contributed by atoms with van der Waals surface area (Å²) in [6, 6.07) is 7.64. The van der Waals surface area contributed by atoms with E-state index >= 15 is 0 Å². The molecule has 5 unspecified atom stereocenters. The molecule has 0 aromatic heterocycles. The zero-order chi connectivity index (χ0) is 15.3. The number of amides is 1. The second kappa shape index (κ2) is 5.27. The third-order valence-corrected chi connectivity index (χ3v) is 5.81. The topological polar surface area (TPSA) is 58.6 Å². The van der Waals surface area contributed by atoms with E-state index in [0.717, 1.165) is 29.2 Å². The van der Waals surface area contributed by atoms with E-state index in [0.29, 0.717) is 11.8 Å². The number of hydrogen-bond acceptors (Lipinski definition) is 3. The number of fused-ring (bicyclic) bond motifs is 5. The summed E-state index contributed by atoms with van der Waals surface area (Å²) in [6.45, 7) is 1.76. The predicted octanol–water partition coefficient (Wildman–Crippen LogP) is 2.11. The summed E-state index contributed by atoms with van der Waals surface area (Å²) in [4.78, 5) is 12.3. The summed E-state index contributed by atoms with van der Waals surface area (Å²) in [6.07, 6.45) is 3.60. The van der Waals surface area contributed by atoms with Gasteiger partial charge in [0.15, 0.2) is 6.10 Å². The van der Waals surface area contributed by atoms with Gasteiger partial charge in [0, 0.05) is 6.04 Å². The smallest absolute Gasteiger partial charge is 0.261 e. The van der Waals surface area contributed by atoms with Gasteiger partial charge in [0.1, 0.15) is 5.75 Å². The quantitative estimate of drug-likeness (QED) is 0.875. The van der Waals surface area contributed by atoms with Crippen LogP contribution in [0.4, 0.5) is 0 Å². The molecule has 0 spiro atoms. The van der Waals surface area contributed by atoms with E-state index in [1.54, 1.807) is 13.0 Å². The summed E-state index contributed by atoms with van der Waals surface area (Å²) in [5.41, 5.74) is 0.790. The van der Waals surface area contributed by atoms with Crippen molar-refractivity contribution in [3.05, 3.63) is 29.8 Å². The monoisotopic (exact) mass is 301 g/mol. The van der Waals surface area contributed by atoms with E-state index < -0.39 is 6.10 Å². The maximum Gasteiger partial charge on any atom is 0.261 e. The summed E-state index contributed by atoms with van der Waals surface area (Å²) in [5, 5.41) is 12.3. The molecule has 4 nitrogen and oxygen atoms in total. The summed E-state index contributed by atoms with van der Waals surface area (Å²) in [7, 11) is 0. The highest BCUT2D eigenvalue weighted by Crippen LogP contribution is 2.65. The Morgan fingerprint density at radius 3 is 2.77 bits per heavy atom. The highest BCUT2D eigenvalue weighted by molar-refractivity contribution is 5.81. The van der Waals surface area contributed by atoms with Crippen molar-refractivity contribution in [3.8, 4) is 5.75 Å². The van der Waals surface area contributed by atoms with Crippen LogP contribution in [-0.2, 0) is 11.4 Å². The van der Waals surface area contributed by atoms with Gasteiger partial charge in [-0.1, -0.05) is 12.1 Å². The van der Waals surface area contributed by atoms with Crippen molar-refractivity contribution in [2.75, 3.05) is 0 Å². The van der Waals surface area contributed by atoms with Gasteiger partial charge in [-0.15, -0.1) is 0 Å². The summed E-state index contributed by atoms with van der Waals surface area (Å²) < 4.78 is 5.72. The van der Waals surface area contributed by atoms with Crippen molar-refractivity contribution in [2.24, 2.45) is 23.7 Å². The molecule has 2 bridgehead atoms. The molecule has 1 aromatic rings. The van der Waals surface area contributed by atoms with Gasteiger partial charge < -0.3 is 15.2 Å². The van der Waals surface area contributed by atoms with Crippen molar-refractivity contribution < 1.29 is 14.6 Å². The molecule has 0 saturated heterocycles. The van der Waals surface area contributed by atoms with E-state index in [1.807, 2.05) is 18.2 Å². The van der Waals surface area contributed by atoms with Crippen LogP contribution in [0.25, 0.3) is 0 Å². The van der Waals surface area contributed by atoms with E-state index in [2.05, 4.69) is 5.32 Å². The average Bonchev–Trinajstić information content (AvgIpc) is 2.92. The number of benzene rings is 1. The van der Waals surface area contributed by atoms with Crippen LogP contribution in [0, 0.1) is 23.7 Å². The van der Waals surface area contributed by atoms with Crippen molar-refractivity contribution >= 4 is 5.91 Å². The standard InChI is InChI=1S/C18H23NO3/c1-10(22-14-4-2-3-11(7-14)9-20)18(21)19-17-15-12-5-6-13(8-12)16(15)17/h2-4,7,10,12-13,15-17,20H,5-6,8-9H2,1H3,(H,19,21). The Labute approximate surface area is 130 Å². The number of hydrogen-bond donors (Lipinski definition) is 2. The number of aliphatic hydroxyl groups is 1. The molecule has 3 aliphatic rings. The molecule has 4 rings (SSSR count). The van der Waals surface area contributed by atoms with E-state index in [-0.39, 0.29) is 12.5 Å². The van der Waals surface area contributed by atoms with Crippen LogP contribution >= 0.6 is 0 Å². The normalized spacial score (nSPS) is 35.8. The number of carbonyl (C=O) groups is 1. The van der Waals surface area contributed by atoms with Crippen LogP contribution in [0.5, 0.6) is 5.75 Å². The summed E-state index contributed by atoms with van der Waals surface area (Å²) >= 11 is 0. The van der Waals surface area contributed by atoms with Crippen molar-refractivity contribution in [3.63, 3.8) is 0 Å². The molecule has 1 aromatic carbocycles. The highest BCUT2D eigenvalue weighted by atomic mass is 16.5. The molecule has 0 aliphatic heterocycles. The minimum atomic E-state index is -0.507. The van der Waals surface area contributed by atoms with E-state index in [4.69, 9.17) is 9.84 Å². The average molecular weight is 301 g/mol. The maximum absolute atomic E-state index is 12.3. The van der Waals surface area contributed by atoms with Gasteiger partial charge in [-0.3, -0.25) is 4.79 Å². The molecular formula is C18H23NO3.